The maximum Gasteiger partial charge on any atom is 0.320 e. The van der Waals surface area contributed by atoms with E-state index >= 15 is 0 Å². The molecule has 1 aliphatic rings. The number of hydrogen-bond donors (Lipinski definition) is 3. The molecule has 2 aromatic heterocycles. The number of nitrogens with zero attached hydrogens (tertiary/aromatic N) is 3. The normalized spacial score (nSPS) is 14.1. The number of carbonyl (C=O) groups is 1. The van der Waals surface area contributed by atoms with Crippen molar-refractivity contribution in [2.45, 2.75) is 26.3 Å². The van der Waals surface area contributed by atoms with Crippen LogP contribution in [0.4, 0.5) is 16.4 Å². The van der Waals surface area contributed by atoms with Crippen molar-refractivity contribution in [2.24, 2.45) is 0 Å². The molecule has 116 valence electrons. The molecule has 3 N–H and O–H groups in total. The molecule has 0 aromatic carbocycles. The summed E-state index contributed by atoms with van der Waals surface area (Å²) in [5, 5.41) is 12.3. The van der Waals surface area contributed by atoms with Gasteiger partial charge in [0.25, 0.3) is 0 Å². The van der Waals surface area contributed by atoms with Crippen LogP contribution in [-0.4, -0.2) is 34.3 Å². The molecule has 1 saturated heterocycles. The van der Waals surface area contributed by atoms with Crippen molar-refractivity contribution in [1.29, 1.82) is 0 Å². The lowest BCUT2D eigenvalue weighted by Gasteiger charge is -2.17. The highest BCUT2D eigenvalue weighted by Gasteiger charge is 2.13. The summed E-state index contributed by atoms with van der Waals surface area (Å²) in [5.41, 5.74) is 1.94. The molecule has 7 nitrogen and oxygen atoms in total. The maximum absolute atomic E-state index is 11.8. The van der Waals surface area contributed by atoms with E-state index in [0.29, 0.717) is 12.4 Å². The Morgan fingerprint density at radius 2 is 2.18 bits per heavy atom. The molecule has 3 heterocycles. The Labute approximate surface area is 129 Å². The molecule has 3 rings (SSSR count). The van der Waals surface area contributed by atoms with Gasteiger partial charge in [-0.1, -0.05) is 0 Å². The molecule has 0 bridgehead atoms. The Kier molecular flexibility index (Phi) is 4.22. The van der Waals surface area contributed by atoms with Crippen molar-refractivity contribution in [3.63, 3.8) is 0 Å². The zero-order valence-corrected chi connectivity index (χ0v) is 12.6. The van der Waals surface area contributed by atoms with Gasteiger partial charge in [0.2, 0.25) is 0 Å². The molecule has 0 saturated carbocycles. The molecule has 22 heavy (non-hydrogen) atoms. The summed E-state index contributed by atoms with van der Waals surface area (Å²) in [6.45, 7) is 4.46. The summed E-state index contributed by atoms with van der Waals surface area (Å²) in [5.74, 6) is 1.50. The van der Waals surface area contributed by atoms with Gasteiger partial charge < -0.3 is 10.2 Å². The van der Waals surface area contributed by atoms with Gasteiger partial charge in [-0.15, -0.1) is 0 Å². The minimum atomic E-state index is -0.272. The molecular formula is C15H20N6O. The van der Waals surface area contributed by atoms with Crippen LogP contribution in [0.2, 0.25) is 0 Å². The van der Waals surface area contributed by atoms with Crippen molar-refractivity contribution in [3.05, 3.63) is 35.7 Å². The van der Waals surface area contributed by atoms with Crippen LogP contribution in [0.5, 0.6) is 0 Å². The summed E-state index contributed by atoms with van der Waals surface area (Å²) >= 11 is 0. The molecule has 0 radical (unpaired) electrons. The van der Waals surface area contributed by atoms with E-state index in [1.807, 2.05) is 19.1 Å². The third kappa shape index (κ3) is 3.55. The highest BCUT2D eigenvalue weighted by Crippen LogP contribution is 2.18. The van der Waals surface area contributed by atoms with E-state index in [1.54, 1.807) is 12.3 Å². The molecule has 1 fully saturated rings. The van der Waals surface area contributed by atoms with E-state index in [1.165, 1.54) is 12.8 Å². The summed E-state index contributed by atoms with van der Waals surface area (Å²) in [7, 11) is 0. The zero-order valence-electron chi connectivity index (χ0n) is 12.6. The molecular weight excluding hydrogens is 280 g/mol. The number of amides is 2. The number of nitrogens with one attached hydrogen (secondary N) is 3. The summed E-state index contributed by atoms with van der Waals surface area (Å²) in [4.78, 5) is 18.5. The summed E-state index contributed by atoms with van der Waals surface area (Å²) in [6.07, 6.45) is 4.23. The minimum Gasteiger partial charge on any atom is -0.357 e. The van der Waals surface area contributed by atoms with Crippen LogP contribution in [0, 0.1) is 6.92 Å². The van der Waals surface area contributed by atoms with Crippen LogP contribution in [-0.2, 0) is 6.54 Å². The SMILES string of the molecule is Cc1cc(NC(=O)NCc2ccnc(N3CCCC3)c2)n[nH]1. The van der Waals surface area contributed by atoms with Crippen molar-refractivity contribution >= 4 is 17.7 Å². The van der Waals surface area contributed by atoms with Crippen LogP contribution in [0.25, 0.3) is 0 Å². The topological polar surface area (TPSA) is 85.9 Å². The number of rotatable bonds is 4. The number of H-pyrrole nitrogens is 1. The van der Waals surface area contributed by atoms with Crippen LogP contribution >= 0.6 is 0 Å². The number of carbonyl (C=O) groups excluding carboxylic acids is 1. The Bertz CT molecular complexity index is 647. The van der Waals surface area contributed by atoms with Crippen molar-refractivity contribution in [1.82, 2.24) is 20.5 Å². The molecule has 2 aromatic rings. The van der Waals surface area contributed by atoms with Gasteiger partial charge in [0, 0.05) is 37.6 Å². The summed E-state index contributed by atoms with van der Waals surface area (Å²) < 4.78 is 0. The van der Waals surface area contributed by atoms with Gasteiger partial charge in [-0.2, -0.15) is 5.10 Å². The Hall–Kier alpha value is -2.57. The monoisotopic (exact) mass is 300 g/mol. The third-order valence-corrected chi connectivity index (χ3v) is 3.64. The summed E-state index contributed by atoms with van der Waals surface area (Å²) in [6, 6.07) is 5.45. The van der Waals surface area contributed by atoms with Gasteiger partial charge in [0.15, 0.2) is 5.82 Å². The predicted octanol–water partition coefficient (Wildman–Crippen LogP) is 2.04. The fraction of sp³-hybridized carbons (Fsp3) is 0.400. The number of pyridine rings is 1. The second kappa shape index (κ2) is 6.46. The minimum absolute atomic E-state index is 0.272. The molecule has 1 aliphatic heterocycles. The molecule has 0 aliphatic carbocycles. The molecule has 7 heteroatoms. The van der Waals surface area contributed by atoms with Gasteiger partial charge in [-0.3, -0.25) is 10.4 Å². The first kappa shape index (κ1) is 14.4. The van der Waals surface area contributed by atoms with E-state index in [4.69, 9.17) is 0 Å². The quantitative estimate of drug-likeness (QED) is 0.806. The number of aromatic amines is 1. The van der Waals surface area contributed by atoms with Gasteiger partial charge >= 0.3 is 6.03 Å². The lowest BCUT2D eigenvalue weighted by Crippen LogP contribution is -2.28. The Balaban J connectivity index is 1.54. The Morgan fingerprint density at radius 3 is 2.91 bits per heavy atom. The van der Waals surface area contributed by atoms with E-state index in [-0.39, 0.29) is 6.03 Å². The smallest absolute Gasteiger partial charge is 0.320 e. The van der Waals surface area contributed by atoms with Crippen LogP contribution in [0.3, 0.4) is 0 Å². The van der Waals surface area contributed by atoms with Gasteiger partial charge in [-0.25, -0.2) is 9.78 Å². The average molecular weight is 300 g/mol. The molecule has 0 atom stereocenters. The van der Waals surface area contributed by atoms with Crippen LogP contribution in [0.15, 0.2) is 24.4 Å². The predicted molar refractivity (Wildman–Crippen MR) is 84.9 cm³/mol. The van der Waals surface area contributed by atoms with Crippen LogP contribution < -0.4 is 15.5 Å². The molecule has 2 amide bonds. The average Bonchev–Trinajstić information content (AvgIpc) is 3.17. The first-order chi connectivity index (χ1) is 10.7. The highest BCUT2D eigenvalue weighted by atomic mass is 16.2. The second-order valence-electron chi connectivity index (χ2n) is 5.46. The van der Waals surface area contributed by atoms with E-state index in [2.05, 4.69) is 30.7 Å². The largest absolute Gasteiger partial charge is 0.357 e. The van der Waals surface area contributed by atoms with Crippen molar-refractivity contribution in [2.75, 3.05) is 23.3 Å². The number of anilines is 2. The number of aromatic nitrogens is 3. The first-order valence-corrected chi connectivity index (χ1v) is 7.47. The van der Waals surface area contributed by atoms with Gasteiger partial charge in [-0.05, 0) is 37.5 Å². The Morgan fingerprint density at radius 1 is 1.36 bits per heavy atom. The highest BCUT2D eigenvalue weighted by molar-refractivity contribution is 5.88. The third-order valence-electron chi connectivity index (χ3n) is 3.64. The molecule has 0 spiro atoms. The standard InChI is InChI=1S/C15H20N6O/c1-11-8-13(20-19-11)18-15(22)17-10-12-4-5-16-14(9-12)21-6-2-3-7-21/h4-5,8-9H,2-3,6-7,10H2,1H3,(H3,17,18,19,20,22). The van der Waals surface area contributed by atoms with E-state index < -0.39 is 0 Å². The lowest BCUT2D eigenvalue weighted by molar-refractivity contribution is 0.251. The van der Waals surface area contributed by atoms with E-state index in [9.17, 15) is 4.79 Å². The fourth-order valence-corrected chi connectivity index (χ4v) is 2.51. The fourth-order valence-electron chi connectivity index (χ4n) is 2.51. The number of hydrogen-bond acceptors (Lipinski definition) is 4. The lowest BCUT2D eigenvalue weighted by atomic mass is 10.2. The first-order valence-electron chi connectivity index (χ1n) is 7.47. The van der Waals surface area contributed by atoms with Crippen molar-refractivity contribution in [3.8, 4) is 0 Å². The number of aryl methyl sites for hydroxylation is 1. The maximum atomic E-state index is 11.8. The van der Waals surface area contributed by atoms with Crippen LogP contribution in [0.1, 0.15) is 24.1 Å². The number of urea groups is 1. The van der Waals surface area contributed by atoms with Crippen molar-refractivity contribution < 1.29 is 4.79 Å². The van der Waals surface area contributed by atoms with E-state index in [0.717, 1.165) is 30.2 Å². The van der Waals surface area contributed by atoms with Gasteiger partial charge in [0.1, 0.15) is 5.82 Å². The van der Waals surface area contributed by atoms with Gasteiger partial charge in [0.05, 0.1) is 0 Å². The molecule has 0 unspecified atom stereocenters. The second-order valence-corrected chi connectivity index (χ2v) is 5.46. The zero-order chi connectivity index (χ0) is 15.4.